The second-order valence-corrected chi connectivity index (χ2v) is 4.28. The van der Waals surface area contributed by atoms with Crippen LogP contribution in [0.15, 0.2) is 0 Å². The number of rotatable bonds is 2. The van der Waals surface area contributed by atoms with Crippen molar-refractivity contribution in [2.24, 2.45) is 0 Å². The Morgan fingerprint density at radius 2 is 2.33 bits per heavy atom. The van der Waals surface area contributed by atoms with Gasteiger partial charge in [-0.2, -0.15) is 0 Å². The van der Waals surface area contributed by atoms with Crippen molar-refractivity contribution in [1.29, 1.82) is 0 Å². The Labute approximate surface area is 69.4 Å². The Bertz CT molecular complexity index is 214. The first-order valence-electron chi connectivity index (χ1n) is 3.36. The first-order chi connectivity index (χ1) is 5.37. The minimum atomic E-state index is -3.98. The molecule has 12 heavy (non-hydrogen) atoms. The molecule has 0 amide bonds. The Hall–Kier alpha value is 0.0300. The summed E-state index contributed by atoms with van der Waals surface area (Å²) in [7, 11) is -3.98. The third-order valence-electron chi connectivity index (χ3n) is 1.66. The van der Waals surface area contributed by atoms with Crippen LogP contribution < -0.4 is 0 Å². The van der Waals surface area contributed by atoms with Gasteiger partial charge in [0.05, 0.1) is 13.2 Å². The summed E-state index contributed by atoms with van der Waals surface area (Å²) in [6.07, 6.45) is -0.960. The lowest BCUT2D eigenvalue weighted by Crippen LogP contribution is -2.43. The van der Waals surface area contributed by atoms with Crippen molar-refractivity contribution < 1.29 is 28.7 Å². The molecule has 0 spiro atoms. The van der Waals surface area contributed by atoms with E-state index >= 15 is 0 Å². The third kappa shape index (κ3) is 2.04. The van der Waals surface area contributed by atoms with Crippen molar-refractivity contribution in [1.82, 2.24) is 0 Å². The van der Waals surface area contributed by atoms with Gasteiger partial charge >= 0.3 is 7.82 Å². The van der Waals surface area contributed by atoms with E-state index in [0.717, 1.165) is 0 Å². The molecule has 0 aliphatic carbocycles. The molecule has 1 aliphatic rings. The predicted molar refractivity (Wildman–Crippen MR) is 38.4 cm³/mol. The fraction of sp³-hybridized carbons (Fsp3) is 1.00. The molecule has 3 atom stereocenters. The highest BCUT2D eigenvalue weighted by molar-refractivity contribution is 7.47. The second-order valence-electron chi connectivity index (χ2n) is 2.87. The van der Waals surface area contributed by atoms with Crippen molar-refractivity contribution in [2.75, 3.05) is 13.2 Å². The lowest BCUT2D eigenvalue weighted by Gasteiger charge is -2.24. The molecular weight excluding hydrogens is 187 g/mol. The number of phosphoric acid groups is 1. The molecule has 0 bridgehead atoms. The molecular formula is C5H11O6P. The monoisotopic (exact) mass is 198 g/mol. The third-order valence-corrected chi connectivity index (χ3v) is 2.66. The number of hydrogen-bond donors (Lipinski definition) is 3. The molecule has 1 rings (SSSR count). The first-order valence-corrected chi connectivity index (χ1v) is 4.86. The average Bonchev–Trinajstić information content (AvgIpc) is 2.31. The van der Waals surface area contributed by atoms with Gasteiger partial charge in [0, 0.05) is 0 Å². The molecule has 0 aromatic carbocycles. The van der Waals surface area contributed by atoms with Crippen molar-refractivity contribution in [3.05, 3.63) is 0 Å². The Kier molecular flexibility index (Phi) is 2.58. The maximum atomic E-state index is 10.7. The van der Waals surface area contributed by atoms with Crippen LogP contribution in [0, 0.1) is 0 Å². The van der Waals surface area contributed by atoms with Gasteiger partial charge in [-0.15, -0.1) is 0 Å². The van der Waals surface area contributed by atoms with Crippen molar-refractivity contribution >= 4 is 7.82 Å². The summed E-state index contributed by atoms with van der Waals surface area (Å²) < 4.78 is 19.5. The number of aliphatic hydroxyl groups excluding tert-OH is 1. The second kappa shape index (κ2) is 3.06. The van der Waals surface area contributed by atoms with Crippen molar-refractivity contribution in [3.63, 3.8) is 0 Å². The van der Waals surface area contributed by atoms with E-state index < -0.39 is 26.1 Å². The number of phosphoric ester groups is 1. The molecule has 1 heterocycles. The van der Waals surface area contributed by atoms with E-state index in [9.17, 15) is 9.67 Å². The van der Waals surface area contributed by atoms with Crippen LogP contribution in [-0.2, 0) is 13.6 Å². The normalized spacial score (nSPS) is 41.2. The van der Waals surface area contributed by atoms with Crippen LogP contribution in [0.2, 0.25) is 0 Å². The van der Waals surface area contributed by atoms with Crippen LogP contribution in [0.1, 0.15) is 6.92 Å². The predicted octanol–water partition coefficient (Wildman–Crippen LogP) is -0.755. The zero-order chi connectivity index (χ0) is 9.41. The standard InChI is InChI=1S/C5H11O6P/c1-5(7,3-6)4-2-10-12(8,9)11-4/h4,6-7H,2-3H2,1H3,(H,8,9)/t4-,5+/m1/s1. The zero-order valence-corrected chi connectivity index (χ0v) is 7.40. The van der Waals surface area contributed by atoms with Gasteiger partial charge in [0.25, 0.3) is 0 Å². The highest BCUT2D eigenvalue weighted by Crippen LogP contribution is 2.51. The molecule has 0 saturated carbocycles. The van der Waals surface area contributed by atoms with E-state index in [1.54, 1.807) is 0 Å². The van der Waals surface area contributed by atoms with Gasteiger partial charge < -0.3 is 15.1 Å². The van der Waals surface area contributed by atoms with Crippen LogP contribution in [0.5, 0.6) is 0 Å². The van der Waals surface area contributed by atoms with Crippen LogP contribution in [0.25, 0.3) is 0 Å². The Morgan fingerprint density at radius 1 is 1.75 bits per heavy atom. The minimum Gasteiger partial charge on any atom is -0.393 e. The molecule has 0 radical (unpaired) electrons. The van der Waals surface area contributed by atoms with E-state index in [1.165, 1.54) is 6.92 Å². The molecule has 1 fully saturated rings. The zero-order valence-electron chi connectivity index (χ0n) is 6.51. The SMILES string of the molecule is C[C@](O)(CO)[C@H]1COP(=O)(O)O1. The van der Waals surface area contributed by atoms with Gasteiger partial charge in [-0.3, -0.25) is 9.05 Å². The van der Waals surface area contributed by atoms with E-state index in [0.29, 0.717) is 0 Å². The Morgan fingerprint density at radius 3 is 2.67 bits per heavy atom. The summed E-state index contributed by atoms with van der Waals surface area (Å²) in [6.45, 7) is 0.550. The molecule has 1 aliphatic heterocycles. The van der Waals surface area contributed by atoms with E-state index in [1.807, 2.05) is 0 Å². The van der Waals surface area contributed by atoms with E-state index in [2.05, 4.69) is 9.05 Å². The van der Waals surface area contributed by atoms with Crippen LogP contribution in [0.3, 0.4) is 0 Å². The lowest BCUT2D eigenvalue weighted by atomic mass is 10.0. The summed E-state index contributed by atoms with van der Waals surface area (Å²) in [5.74, 6) is 0. The number of aliphatic hydroxyl groups is 2. The summed E-state index contributed by atoms with van der Waals surface area (Å²) in [4.78, 5) is 8.74. The molecule has 7 heteroatoms. The molecule has 6 nitrogen and oxygen atoms in total. The van der Waals surface area contributed by atoms with E-state index in [4.69, 9.17) is 10.00 Å². The summed E-state index contributed by atoms with van der Waals surface area (Å²) in [5, 5.41) is 18.0. The molecule has 0 aromatic rings. The van der Waals surface area contributed by atoms with Crippen LogP contribution in [0.4, 0.5) is 0 Å². The fourth-order valence-corrected chi connectivity index (χ4v) is 1.77. The van der Waals surface area contributed by atoms with Gasteiger partial charge in [-0.05, 0) is 6.92 Å². The highest BCUT2D eigenvalue weighted by atomic mass is 31.2. The summed E-state index contributed by atoms with van der Waals surface area (Å²) in [6, 6.07) is 0. The molecule has 1 saturated heterocycles. The average molecular weight is 198 g/mol. The number of hydrogen-bond acceptors (Lipinski definition) is 5. The largest absolute Gasteiger partial charge is 0.472 e. The smallest absolute Gasteiger partial charge is 0.393 e. The van der Waals surface area contributed by atoms with Gasteiger partial charge in [0.2, 0.25) is 0 Å². The first kappa shape index (κ1) is 10.1. The molecule has 72 valence electrons. The Balaban J connectivity index is 2.64. The van der Waals surface area contributed by atoms with Crippen molar-refractivity contribution in [2.45, 2.75) is 18.6 Å². The van der Waals surface area contributed by atoms with Gasteiger partial charge in [-0.25, -0.2) is 4.57 Å². The lowest BCUT2D eigenvalue weighted by molar-refractivity contribution is -0.0749. The van der Waals surface area contributed by atoms with E-state index in [-0.39, 0.29) is 6.61 Å². The van der Waals surface area contributed by atoms with Crippen LogP contribution >= 0.6 is 7.82 Å². The van der Waals surface area contributed by atoms with Crippen LogP contribution in [-0.4, -0.2) is 40.0 Å². The molecule has 1 unspecified atom stereocenters. The molecule has 0 aromatic heterocycles. The van der Waals surface area contributed by atoms with Gasteiger partial charge in [0.1, 0.15) is 11.7 Å². The van der Waals surface area contributed by atoms with Crippen molar-refractivity contribution in [3.8, 4) is 0 Å². The minimum absolute atomic E-state index is 0.193. The molecule has 3 N–H and O–H groups in total. The summed E-state index contributed by atoms with van der Waals surface area (Å²) in [5.41, 5.74) is -1.55. The quantitative estimate of drug-likeness (QED) is 0.505. The maximum Gasteiger partial charge on any atom is 0.472 e. The van der Waals surface area contributed by atoms with Gasteiger partial charge in [-0.1, -0.05) is 0 Å². The summed E-state index contributed by atoms with van der Waals surface area (Å²) >= 11 is 0. The highest BCUT2D eigenvalue weighted by Gasteiger charge is 2.44. The topological polar surface area (TPSA) is 96.2 Å². The maximum absolute atomic E-state index is 10.7. The fourth-order valence-electron chi connectivity index (χ4n) is 0.778. The van der Waals surface area contributed by atoms with Gasteiger partial charge in [0.15, 0.2) is 0 Å².